The second-order valence-electron chi connectivity index (χ2n) is 6.86. The quantitative estimate of drug-likeness (QED) is 0.443. The first-order valence-corrected chi connectivity index (χ1v) is 9.48. The largest absolute Gasteiger partial charge is 0.493 e. The molecule has 0 fully saturated rings. The third-order valence-electron chi connectivity index (χ3n) is 4.72. The molecule has 11 heteroatoms. The summed E-state index contributed by atoms with van der Waals surface area (Å²) in [7, 11) is 3.58. The van der Waals surface area contributed by atoms with Crippen molar-refractivity contribution in [3.8, 4) is 0 Å². The first kappa shape index (κ1) is 25.4. The van der Waals surface area contributed by atoms with Crippen LogP contribution in [0.15, 0.2) is 48.5 Å². The number of esters is 1. The lowest BCUT2D eigenvalue weighted by molar-refractivity contribution is -0.146. The highest BCUT2D eigenvalue weighted by Gasteiger charge is 2.31. The van der Waals surface area contributed by atoms with E-state index in [2.05, 4.69) is 5.32 Å². The van der Waals surface area contributed by atoms with Gasteiger partial charge in [0.15, 0.2) is 6.10 Å². The molecule has 7 nitrogen and oxygen atoms in total. The molecule has 2 atom stereocenters. The van der Waals surface area contributed by atoms with E-state index in [0.29, 0.717) is 5.56 Å². The molecule has 2 rings (SSSR count). The standard InChI is InChI=1S/C21H23BF3NO6/c1-30-20(29)17(12-13-4-10-16(11-5-13)22(31-2)32-3)26-19(28)18(27)14-6-8-15(9-7-14)21(23,24)25/h4-11,17-18,27H,12H2,1-3H3,(H,26,28)/t17-,18-/m0/s1. The van der Waals surface area contributed by atoms with Crippen LogP contribution in [0.2, 0.25) is 0 Å². The maximum atomic E-state index is 12.7. The zero-order valence-corrected chi connectivity index (χ0v) is 17.7. The molecular weight excluding hydrogens is 430 g/mol. The van der Waals surface area contributed by atoms with Crippen LogP contribution in [0.25, 0.3) is 0 Å². The minimum absolute atomic E-state index is 0.0476. The fraction of sp³-hybridized carbons (Fsp3) is 0.333. The van der Waals surface area contributed by atoms with Crippen LogP contribution in [0.3, 0.4) is 0 Å². The van der Waals surface area contributed by atoms with Gasteiger partial charge in [-0.15, -0.1) is 0 Å². The van der Waals surface area contributed by atoms with Crippen molar-refractivity contribution < 1.29 is 41.9 Å². The number of alkyl halides is 3. The molecule has 0 aliphatic heterocycles. The minimum atomic E-state index is -4.54. The highest BCUT2D eigenvalue weighted by atomic mass is 19.4. The molecule has 0 aliphatic rings. The van der Waals surface area contributed by atoms with Gasteiger partial charge in [0.2, 0.25) is 0 Å². The number of nitrogens with one attached hydrogen (secondary N) is 1. The number of hydrogen-bond acceptors (Lipinski definition) is 6. The SMILES string of the molecule is COB(OC)c1ccc(C[C@H](NC(=O)[C@@H](O)c2ccc(C(F)(F)F)cc2)C(=O)OC)cc1. The van der Waals surface area contributed by atoms with Gasteiger partial charge in [-0.3, -0.25) is 4.79 Å². The Hall–Kier alpha value is -2.89. The molecule has 0 aromatic heterocycles. The summed E-state index contributed by atoms with van der Waals surface area (Å²) in [4.78, 5) is 24.6. The van der Waals surface area contributed by atoms with Crippen LogP contribution >= 0.6 is 0 Å². The van der Waals surface area contributed by atoms with Crippen LogP contribution < -0.4 is 10.8 Å². The molecule has 1 amide bonds. The lowest BCUT2D eigenvalue weighted by Crippen LogP contribution is -2.45. The topological polar surface area (TPSA) is 94.1 Å². The van der Waals surface area contributed by atoms with E-state index < -0.39 is 42.9 Å². The molecule has 2 aromatic carbocycles. The van der Waals surface area contributed by atoms with E-state index in [-0.39, 0.29) is 12.0 Å². The Morgan fingerprint density at radius 2 is 1.56 bits per heavy atom. The van der Waals surface area contributed by atoms with E-state index in [1.807, 2.05) is 0 Å². The number of carbonyl (C=O) groups is 2. The highest BCUT2D eigenvalue weighted by Crippen LogP contribution is 2.30. The summed E-state index contributed by atoms with van der Waals surface area (Å²) in [6, 6.07) is 9.31. The third kappa shape index (κ3) is 6.55. The van der Waals surface area contributed by atoms with E-state index in [1.165, 1.54) is 14.2 Å². The first-order valence-electron chi connectivity index (χ1n) is 9.48. The van der Waals surface area contributed by atoms with Crippen LogP contribution in [0, 0.1) is 0 Å². The van der Waals surface area contributed by atoms with Crippen molar-refractivity contribution in [3.05, 3.63) is 65.2 Å². The first-order chi connectivity index (χ1) is 15.1. The number of carbonyl (C=O) groups excluding carboxylic acids is 2. The highest BCUT2D eigenvalue weighted by molar-refractivity contribution is 6.61. The molecule has 0 saturated heterocycles. The van der Waals surface area contributed by atoms with Crippen molar-refractivity contribution in [3.63, 3.8) is 0 Å². The zero-order chi connectivity index (χ0) is 23.9. The second-order valence-corrected chi connectivity index (χ2v) is 6.86. The third-order valence-corrected chi connectivity index (χ3v) is 4.72. The van der Waals surface area contributed by atoms with E-state index in [1.54, 1.807) is 24.3 Å². The minimum Gasteiger partial charge on any atom is -0.467 e. The zero-order valence-electron chi connectivity index (χ0n) is 17.7. The molecule has 0 aliphatic carbocycles. The van der Waals surface area contributed by atoms with E-state index >= 15 is 0 Å². The summed E-state index contributed by atoms with van der Waals surface area (Å²) in [5.41, 5.74) is 0.470. The smallest absolute Gasteiger partial charge is 0.467 e. The number of halogens is 3. The predicted octanol–water partition coefficient (Wildman–Crippen LogP) is 1.63. The van der Waals surface area contributed by atoms with Gasteiger partial charge in [-0.2, -0.15) is 13.2 Å². The maximum absolute atomic E-state index is 12.7. The fourth-order valence-corrected chi connectivity index (χ4v) is 3.01. The number of aliphatic hydroxyl groups is 1. The van der Waals surface area contributed by atoms with Gasteiger partial charge in [0.25, 0.3) is 5.91 Å². The number of ether oxygens (including phenoxy) is 1. The molecule has 2 N–H and O–H groups in total. The van der Waals surface area contributed by atoms with Gasteiger partial charge in [-0.25, -0.2) is 4.79 Å². The Bertz CT molecular complexity index is 901. The molecular formula is C21H23BF3NO6. The van der Waals surface area contributed by atoms with Gasteiger partial charge in [0, 0.05) is 20.6 Å². The van der Waals surface area contributed by atoms with Crippen molar-refractivity contribution in [2.75, 3.05) is 21.3 Å². The van der Waals surface area contributed by atoms with Crippen molar-refractivity contribution >= 4 is 24.5 Å². The second kappa shape index (κ2) is 11.1. The van der Waals surface area contributed by atoms with Crippen LogP contribution in [-0.2, 0) is 36.2 Å². The summed E-state index contributed by atoms with van der Waals surface area (Å²) < 4.78 is 53.1. The molecule has 0 bridgehead atoms. The Labute approximate surface area is 183 Å². The molecule has 2 aromatic rings. The molecule has 0 spiro atoms. The average Bonchev–Trinajstić information content (AvgIpc) is 2.78. The molecule has 172 valence electrons. The summed E-state index contributed by atoms with van der Waals surface area (Å²) in [6.07, 6.45) is -6.25. The van der Waals surface area contributed by atoms with Gasteiger partial charge in [-0.1, -0.05) is 36.4 Å². The summed E-state index contributed by atoms with van der Waals surface area (Å²) in [5, 5.41) is 12.6. The summed E-state index contributed by atoms with van der Waals surface area (Å²) in [5.74, 6) is -1.69. The predicted molar refractivity (Wildman–Crippen MR) is 110 cm³/mol. The van der Waals surface area contributed by atoms with Gasteiger partial charge < -0.3 is 24.5 Å². The normalized spacial score (nSPS) is 13.2. The van der Waals surface area contributed by atoms with Crippen molar-refractivity contribution in [2.45, 2.75) is 24.7 Å². The van der Waals surface area contributed by atoms with Gasteiger partial charge in [0.05, 0.1) is 12.7 Å². The lowest BCUT2D eigenvalue weighted by atomic mass is 9.78. The molecule has 0 saturated carbocycles. The Morgan fingerprint density at radius 3 is 2.03 bits per heavy atom. The maximum Gasteiger partial charge on any atom is 0.493 e. The molecule has 0 unspecified atom stereocenters. The van der Waals surface area contributed by atoms with Crippen molar-refractivity contribution in [2.24, 2.45) is 0 Å². The van der Waals surface area contributed by atoms with Crippen LogP contribution in [0.1, 0.15) is 22.8 Å². The van der Waals surface area contributed by atoms with Crippen molar-refractivity contribution in [1.29, 1.82) is 0 Å². The Balaban J connectivity index is 2.11. The van der Waals surface area contributed by atoms with E-state index in [9.17, 15) is 27.9 Å². The monoisotopic (exact) mass is 453 g/mol. The lowest BCUT2D eigenvalue weighted by Gasteiger charge is -2.19. The molecule has 0 heterocycles. The Morgan fingerprint density at radius 1 is 1.00 bits per heavy atom. The Kier molecular flexibility index (Phi) is 8.82. The van der Waals surface area contributed by atoms with Crippen LogP contribution in [0.5, 0.6) is 0 Å². The summed E-state index contributed by atoms with van der Waals surface area (Å²) >= 11 is 0. The van der Waals surface area contributed by atoms with Crippen LogP contribution in [-0.4, -0.2) is 51.5 Å². The molecule has 32 heavy (non-hydrogen) atoms. The van der Waals surface area contributed by atoms with Gasteiger partial charge in [0.1, 0.15) is 6.04 Å². The van der Waals surface area contributed by atoms with Gasteiger partial charge >= 0.3 is 19.3 Å². The number of rotatable bonds is 9. The number of hydrogen-bond donors (Lipinski definition) is 2. The number of methoxy groups -OCH3 is 1. The number of benzene rings is 2. The average molecular weight is 453 g/mol. The molecule has 0 radical (unpaired) electrons. The number of amides is 1. The van der Waals surface area contributed by atoms with Crippen molar-refractivity contribution in [1.82, 2.24) is 5.32 Å². The fourth-order valence-electron chi connectivity index (χ4n) is 3.01. The van der Waals surface area contributed by atoms with E-state index in [0.717, 1.165) is 36.8 Å². The summed E-state index contributed by atoms with van der Waals surface area (Å²) in [6.45, 7) is 0. The number of aliphatic hydroxyl groups excluding tert-OH is 1. The van der Waals surface area contributed by atoms with Gasteiger partial charge in [-0.05, 0) is 28.7 Å². The van der Waals surface area contributed by atoms with Crippen LogP contribution in [0.4, 0.5) is 13.2 Å². The van der Waals surface area contributed by atoms with E-state index in [4.69, 9.17) is 14.0 Å².